The second kappa shape index (κ2) is 13.6. The largest absolute Gasteiger partial charge is 0.480 e. The summed E-state index contributed by atoms with van der Waals surface area (Å²) in [7, 11) is 1.55. The molecule has 0 aliphatic carbocycles. The van der Waals surface area contributed by atoms with Crippen molar-refractivity contribution in [3.05, 3.63) is 0 Å². The van der Waals surface area contributed by atoms with Crippen molar-refractivity contribution in [2.75, 3.05) is 13.6 Å². The van der Waals surface area contributed by atoms with Gasteiger partial charge in [-0.1, -0.05) is 27.7 Å². The Balaban J connectivity index is -0.000000506. The van der Waals surface area contributed by atoms with Gasteiger partial charge in [0.1, 0.15) is 6.04 Å². The molecule has 0 fully saturated rings. The van der Waals surface area contributed by atoms with E-state index >= 15 is 0 Å². The van der Waals surface area contributed by atoms with Crippen molar-refractivity contribution in [3.63, 3.8) is 0 Å². The summed E-state index contributed by atoms with van der Waals surface area (Å²) in [6.45, 7) is 10.4. The Morgan fingerprint density at radius 3 is 1.56 bits per heavy atom. The maximum absolute atomic E-state index is 11.0. The zero-order valence-electron chi connectivity index (χ0n) is 12.4. The third-order valence-electron chi connectivity index (χ3n) is 1.67. The van der Waals surface area contributed by atoms with Gasteiger partial charge in [-0.05, 0) is 7.05 Å². The first kappa shape index (κ1) is 21.8. The van der Waals surface area contributed by atoms with Crippen LogP contribution in [0.4, 0.5) is 0 Å². The summed E-state index contributed by atoms with van der Waals surface area (Å²) >= 11 is 0. The Labute approximate surface area is 109 Å². The van der Waals surface area contributed by atoms with Crippen molar-refractivity contribution in [2.24, 2.45) is 0 Å². The number of carboxylic acids is 1. The van der Waals surface area contributed by atoms with Crippen molar-refractivity contribution < 1.29 is 19.5 Å². The molecule has 0 radical (unpaired) electrons. The fourth-order valence-corrected chi connectivity index (χ4v) is 1.14. The van der Waals surface area contributed by atoms with E-state index in [-0.39, 0.29) is 6.54 Å². The Hall–Kier alpha value is -1.43. The number of likely N-dealkylation sites (N-methyl/N-ethyl adjacent to an activating group) is 1. The lowest BCUT2D eigenvalue weighted by atomic mass is 10.2. The minimum atomic E-state index is -1.20. The van der Waals surface area contributed by atoms with Gasteiger partial charge in [-0.25, -0.2) is 4.79 Å². The van der Waals surface area contributed by atoms with Crippen LogP contribution in [0, 0.1) is 0 Å². The molecule has 0 aliphatic rings. The molecule has 0 saturated carbocycles. The lowest BCUT2D eigenvalue weighted by Crippen LogP contribution is -2.51. The fourth-order valence-electron chi connectivity index (χ4n) is 1.14. The van der Waals surface area contributed by atoms with Crippen molar-refractivity contribution in [1.29, 1.82) is 0 Å². The molecular weight excluding hydrogens is 236 g/mol. The lowest BCUT2D eigenvalue weighted by Gasteiger charge is -2.24. The number of aliphatic carboxylic acids is 1. The van der Waals surface area contributed by atoms with Crippen LogP contribution in [0.25, 0.3) is 0 Å². The second-order valence-electron chi connectivity index (χ2n) is 2.82. The molecule has 18 heavy (non-hydrogen) atoms. The summed E-state index contributed by atoms with van der Waals surface area (Å²) in [5.74, 6) is -2.34. The zero-order chi connectivity index (χ0) is 15.3. The highest BCUT2D eigenvalue weighted by atomic mass is 16.4. The molecule has 1 unspecified atom stereocenters. The van der Waals surface area contributed by atoms with Crippen LogP contribution in [-0.4, -0.2) is 47.4 Å². The first-order valence-corrected chi connectivity index (χ1v) is 6.09. The molecular formula is C12H26N2O4. The quantitative estimate of drug-likeness (QED) is 0.792. The molecule has 2 N–H and O–H groups in total. The molecule has 6 heteroatoms. The number of amides is 2. The minimum Gasteiger partial charge on any atom is -0.480 e. The average molecular weight is 262 g/mol. The monoisotopic (exact) mass is 262 g/mol. The molecule has 108 valence electrons. The maximum atomic E-state index is 11.0. The van der Waals surface area contributed by atoms with Gasteiger partial charge in [-0.15, -0.1) is 0 Å². The SMILES string of the molecule is CC.CC.CNCC(C(=O)O)N(C(C)=O)C(C)=O. The van der Waals surface area contributed by atoms with Crippen LogP contribution in [0.15, 0.2) is 0 Å². The summed E-state index contributed by atoms with van der Waals surface area (Å²) in [6.07, 6.45) is 0. The van der Waals surface area contributed by atoms with E-state index in [0.29, 0.717) is 0 Å². The van der Waals surface area contributed by atoms with Gasteiger partial charge in [0.25, 0.3) is 0 Å². The van der Waals surface area contributed by atoms with Crippen LogP contribution in [0.1, 0.15) is 41.5 Å². The summed E-state index contributed by atoms with van der Waals surface area (Å²) in [5.41, 5.74) is 0. The number of carbonyl (C=O) groups is 3. The van der Waals surface area contributed by atoms with E-state index in [2.05, 4.69) is 5.32 Å². The molecule has 0 aliphatic heterocycles. The van der Waals surface area contributed by atoms with E-state index in [1.165, 1.54) is 0 Å². The van der Waals surface area contributed by atoms with Crippen LogP contribution in [0.5, 0.6) is 0 Å². The van der Waals surface area contributed by atoms with Crippen molar-refractivity contribution >= 4 is 17.8 Å². The molecule has 0 saturated heterocycles. The van der Waals surface area contributed by atoms with Gasteiger partial charge >= 0.3 is 5.97 Å². The third kappa shape index (κ3) is 8.69. The molecule has 0 aromatic heterocycles. The third-order valence-corrected chi connectivity index (χ3v) is 1.67. The molecule has 1 atom stereocenters. The predicted octanol–water partition coefficient (Wildman–Crippen LogP) is 1.11. The van der Waals surface area contributed by atoms with Gasteiger partial charge in [0.05, 0.1) is 0 Å². The number of rotatable bonds is 4. The number of imide groups is 1. The number of carbonyl (C=O) groups excluding carboxylic acids is 2. The molecule has 0 bridgehead atoms. The van der Waals surface area contributed by atoms with Crippen LogP contribution in [-0.2, 0) is 14.4 Å². The standard InChI is InChI=1S/C8H14N2O4.2C2H6/c1-5(11)10(6(2)12)7(4-9-3)8(13)14;2*1-2/h7,9H,4H2,1-3H3,(H,13,14);2*1-2H3. The van der Waals surface area contributed by atoms with Gasteiger partial charge in [-0.2, -0.15) is 0 Å². The van der Waals surface area contributed by atoms with Gasteiger partial charge in [0, 0.05) is 20.4 Å². The molecule has 2 amide bonds. The molecule has 0 heterocycles. The van der Waals surface area contributed by atoms with Crippen molar-refractivity contribution in [2.45, 2.75) is 47.6 Å². The van der Waals surface area contributed by atoms with Gasteiger partial charge in [-0.3, -0.25) is 14.5 Å². The Morgan fingerprint density at radius 2 is 1.39 bits per heavy atom. The number of carboxylic acid groups (broad SMARTS) is 1. The van der Waals surface area contributed by atoms with E-state index < -0.39 is 23.8 Å². The molecule has 0 aromatic rings. The molecule has 0 aromatic carbocycles. The first-order chi connectivity index (χ1) is 8.41. The van der Waals surface area contributed by atoms with Crippen molar-refractivity contribution in [1.82, 2.24) is 10.2 Å². The van der Waals surface area contributed by atoms with Gasteiger partial charge < -0.3 is 10.4 Å². The predicted molar refractivity (Wildman–Crippen MR) is 71.2 cm³/mol. The number of nitrogens with one attached hydrogen (secondary N) is 1. The van der Waals surface area contributed by atoms with E-state index in [4.69, 9.17) is 5.11 Å². The molecule has 6 nitrogen and oxygen atoms in total. The Morgan fingerprint density at radius 1 is 1.06 bits per heavy atom. The van der Waals surface area contributed by atoms with E-state index in [0.717, 1.165) is 18.7 Å². The van der Waals surface area contributed by atoms with E-state index in [1.807, 2.05) is 27.7 Å². The number of nitrogens with zero attached hydrogens (tertiary/aromatic N) is 1. The lowest BCUT2D eigenvalue weighted by molar-refractivity contribution is -0.156. The highest BCUT2D eigenvalue weighted by Gasteiger charge is 2.29. The second-order valence-corrected chi connectivity index (χ2v) is 2.82. The highest BCUT2D eigenvalue weighted by Crippen LogP contribution is 2.01. The summed E-state index contributed by atoms with van der Waals surface area (Å²) < 4.78 is 0. The Kier molecular flexibility index (Phi) is 16.5. The molecule has 0 rings (SSSR count). The maximum Gasteiger partial charge on any atom is 0.328 e. The van der Waals surface area contributed by atoms with Crippen LogP contribution < -0.4 is 5.32 Å². The normalized spacial score (nSPS) is 9.94. The summed E-state index contributed by atoms with van der Waals surface area (Å²) in [6, 6.07) is -1.14. The fraction of sp³-hybridized carbons (Fsp3) is 0.750. The minimum absolute atomic E-state index is 0.0362. The summed E-state index contributed by atoms with van der Waals surface area (Å²) in [4.78, 5) is 33.5. The smallest absolute Gasteiger partial charge is 0.328 e. The number of hydrogen-bond donors (Lipinski definition) is 2. The van der Waals surface area contributed by atoms with Crippen LogP contribution in [0.3, 0.4) is 0 Å². The average Bonchev–Trinajstić information content (AvgIpc) is 2.32. The van der Waals surface area contributed by atoms with Crippen molar-refractivity contribution in [3.8, 4) is 0 Å². The van der Waals surface area contributed by atoms with E-state index in [9.17, 15) is 14.4 Å². The summed E-state index contributed by atoms with van der Waals surface area (Å²) in [5, 5.41) is 11.4. The van der Waals surface area contributed by atoms with Gasteiger partial charge in [0.15, 0.2) is 0 Å². The van der Waals surface area contributed by atoms with Crippen LogP contribution >= 0.6 is 0 Å². The first-order valence-electron chi connectivity index (χ1n) is 6.09. The van der Waals surface area contributed by atoms with Crippen LogP contribution in [0.2, 0.25) is 0 Å². The zero-order valence-corrected chi connectivity index (χ0v) is 12.4. The van der Waals surface area contributed by atoms with Gasteiger partial charge in [0.2, 0.25) is 11.8 Å². The molecule has 0 spiro atoms. The Bertz CT molecular complexity index is 240. The van der Waals surface area contributed by atoms with E-state index in [1.54, 1.807) is 7.05 Å². The topological polar surface area (TPSA) is 86.7 Å². The highest BCUT2D eigenvalue weighted by molar-refractivity contribution is 5.97. The number of hydrogen-bond acceptors (Lipinski definition) is 4.